The lowest BCUT2D eigenvalue weighted by atomic mass is 9.97. The van der Waals surface area contributed by atoms with E-state index in [0.717, 1.165) is 12.8 Å². The Morgan fingerprint density at radius 3 is 1.28 bits per heavy atom. The summed E-state index contributed by atoms with van der Waals surface area (Å²) in [7, 11) is -2.67. The standard InChI is InChI=1S/C45H34Si/c1-46(35-21-3-2-4-22-35,44-38-25-11-7-17-33(38)29-42(44)40-27-13-19-31-15-5-9-23-36(31)40)45-39-26-12-8-18-34(39)30-43(45)41-28-14-20-32-16-6-10-24-37(32)41/h2-28H,29-30H2,1H3. The van der Waals surface area contributed by atoms with Gasteiger partial charge in [-0.2, -0.15) is 0 Å². The van der Waals surface area contributed by atoms with Crippen molar-refractivity contribution in [2.45, 2.75) is 19.4 Å². The molecule has 0 atom stereocenters. The van der Waals surface area contributed by atoms with E-state index in [1.54, 1.807) is 10.4 Å². The van der Waals surface area contributed by atoms with Gasteiger partial charge in [-0.05, 0) is 94.5 Å². The fraction of sp³-hybridized carbons (Fsp3) is 0.0667. The molecule has 218 valence electrons. The predicted octanol–water partition coefficient (Wildman–Crippen LogP) is 10.7. The number of hydrogen-bond acceptors (Lipinski definition) is 0. The molecule has 2 aliphatic carbocycles. The third-order valence-electron chi connectivity index (χ3n) is 10.5. The third kappa shape index (κ3) is 4.05. The molecule has 0 aromatic heterocycles. The first-order valence-electron chi connectivity index (χ1n) is 16.4. The maximum atomic E-state index is 2.65. The van der Waals surface area contributed by atoms with Crippen molar-refractivity contribution in [1.29, 1.82) is 0 Å². The summed E-state index contributed by atoms with van der Waals surface area (Å²) >= 11 is 0. The Kier molecular flexibility index (Phi) is 6.30. The van der Waals surface area contributed by atoms with E-state index < -0.39 is 8.07 Å². The highest BCUT2D eigenvalue weighted by Crippen LogP contribution is 2.53. The zero-order valence-electron chi connectivity index (χ0n) is 26.0. The fourth-order valence-electron chi connectivity index (χ4n) is 8.48. The van der Waals surface area contributed by atoms with Crippen molar-refractivity contribution in [2.24, 2.45) is 0 Å². The lowest BCUT2D eigenvalue weighted by molar-refractivity contribution is 1.32. The Balaban J connectivity index is 1.45. The second kappa shape index (κ2) is 10.7. The highest BCUT2D eigenvalue weighted by atomic mass is 28.3. The van der Waals surface area contributed by atoms with Crippen LogP contribution in [0.4, 0.5) is 0 Å². The molecule has 0 spiro atoms. The van der Waals surface area contributed by atoms with E-state index in [1.807, 2.05) is 0 Å². The Morgan fingerprint density at radius 1 is 0.370 bits per heavy atom. The van der Waals surface area contributed by atoms with Crippen molar-refractivity contribution in [3.8, 4) is 0 Å². The van der Waals surface area contributed by atoms with Gasteiger partial charge in [0.25, 0.3) is 0 Å². The molecule has 0 fully saturated rings. The van der Waals surface area contributed by atoms with Crippen molar-refractivity contribution >= 4 is 56.3 Å². The Hall–Kier alpha value is -5.24. The minimum Gasteiger partial charge on any atom is -0.0624 e. The Labute approximate surface area is 272 Å². The topological polar surface area (TPSA) is 0 Å². The van der Waals surface area contributed by atoms with Crippen molar-refractivity contribution in [2.75, 3.05) is 0 Å². The average molecular weight is 603 g/mol. The first-order valence-corrected chi connectivity index (χ1v) is 18.9. The summed E-state index contributed by atoms with van der Waals surface area (Å²) in [6.45, 7) is 2.65. The van der Waals surface area contributed by atoms with Gasteiger partial charge in [0, 0.05) is 0 Å². The molecule has 0 amide bonds. The number of benzene rings is 7. The van der Waals surface area contributed by atoms with E-state index in [-0.39, 0.29) is 0 Å². The van der Waals surface area contributed by atoms with Crippen molar-refractivity contribution in [3.05, 3.63) is 197 Å². The van der Waals surface area contributed by atoms with Gasteiger partial charge in [-0.25, -0.2) is 0 Å². The normalized spacial score (nSPS) is 14.3. The number of fused-ring (bicyclic) bond motifs is 4. The Bertz CT molecular complexity index is 2220. The summed E-state index contributed by atoms with van der Waals surface area (Å²) in [5.74, 6) is 0. The summed E-state index contributed by atoms with van der Waals surface area (Å²) in [6, 6.07) is 61.5. The number of hydrogen-bond donors (Lipinski definition) is 0. The van der Waals surface area contributed by atoms with Gasteiger partial charge in [-0.3, -0.25) is 0 Å². The average Bonchev–Trinajstić information content (AvgIpc) is 3.71. The maximum Gasteiger partial charge on any atom is 0.147 e. The van der Waals surface area contributed by atoms with E-state index in [1.165, 1.54) is 71.3 Å². The van der Waals surface area contributed by atoms with Crippen LogP contribution in [-0.4, -0.2) is 8.07 Å². The van der Waals surface area contributed by atoms with Gasteiger partial charge in [0.15, 0.2) is 0 Å². The molecule has 0 unspecified atom stereocenters. The van der Waals surface area contributed by atoms with E-state index in [9.17, 15) is 0 Å². The predicted molar refractivity (Wildman–Crippen MR) is 200 cm³/mol. The van der Waals surface area contributed by atoms with Crippen LogP contribution in [0.5, 0.6) is 0 Å². The van der Waals surface area contributed by atoms with Gasteiger partial charge in [0.1, 0.15) is 8.07 Å². The molecule has 0 radical (unpaired) electrons. The molecule has 7 aromatic rings. The summed E-state index contributed by atoms with van der Waals surface area (Å²) in [5.41, 5.74) is 11.5. The molecule has 0 saturated carbocycles. The second-order valence-corrected chi connectivity index (χ2v) is 16.7. The largest absolute Gasteiger partial charge is 0.147 e. The monoisotopic (exact) mass is 602 g/mol. The van der Waals surface area contributed by atoms with E-state index >= 15 is 0 Å². The van der Waals surface area contributed by atoms with Gasteiger partial charge >= 0.3 is 0 Å². The zero-order valence-corrected chi connectivity index (χ0v) is 27.0. The van der Waals surface area contributed by atoms with E-state index in [4.69, 9.17) is 0 Å². The quantitative estimate of drug-likeness (QED) is 0.172. The van der Waals surface area contributed by atoms with Crippen molar-refractivity contribution < 1.29 is 0 Å². The van der Waals surface area contributed by atoms with Crippen LogP contribution >= 0.6 is 0 Å². The minimum atomic E-state index is -2.67. The van der Waals surface area contributed by atoms with Crippen LogP contribution in [0.25, 0.3) is 43.1 Å². The van der Waals surface area contributed by atoms with Crippen LogP contribution in [0.2, 0.25) is 6.55 Å². The molecule has 2 aliphatic rings. The summed E-state index contributed by atoms with van der Waals surface area (Å²) in [6.07, 6.45) is 1.90. The molecule has 7 aromatic carbocycles. The van der Waals surface area contributed by atoms with E-state index in [2.05, 4.69) is 170 Å². The zero-order chi connectivity index (χ0) is 30.7. The molecular weight excluding hydrogens is 569 g/mol. The van der Waals surface area contributed by atoms with E-state index in [0.29, 0.717) is 0 Å². The second-order valence-electron chi connectivity index (χ2n) is 12.9. The first-order chi connectivity index (χ1) is 22.7. The molecule has 0 bridgehead atoms. The van der Waals surface area contributed by atoms with Crippen LogP contribution in [0.15, 0.2) is 164 Å². The van der Waals surface area contributed by atoms with Crippen LogP contribution in [0.3, 0.4) is 0 Å². The summed E-state index contributed by atoms with van der Waals surface area (Å²) in [5, 5.41) is 9.86. The molecule has 1 heteroatoms. The molecule has 9 rings (SSSR count). The molecule has 0 N–H and O–H groups in total. The highest BCUT2D eigenvalue weighted by Gasteiger charge is 2.47. The van der Waals surface area contributed by atoms with Gasteiger partial charge in [0.05, 0.1) is 0 Å². The summed E-state index contributed by atoms with van der Waals surface area (Å²) < 4.78 is 0. The van der Waals surface area contributed by atoms with Gasteiger partial charge in [-0.15, -0.1) is 0 Å². The minimum absolute atomic E-state index is 0.952. The van der Waals surface area contributed by atoms with Crippen LogP contribution in [0.1, 0.15) is 33.4 Å². The van der Waals surface area contributed by atoms with Gasteiger partial charge < -0.3 is 0 Å². The van der Waals surface area contributed by atoms with Crippen molar-refractivity contribution in [1.82, 2.24) is 0 Å². The highest BCUT2D eigenvalue weighted by molar-refractivity contribution is 7.19. The maximum absolute atomic E-state index is 2.67. The lowest BCUT2D eigenvalue weighted by Crippen LogP contribution is -2.48. The van der Waals surface area contributed by atoms with Crippen molar-refractivity contribution in [3.63, 3.8) is 0 Å². The molecule has 0 aliphatic heterocycles. The Morgan fingerprint density at radius 2 is 0.761 bits per heavy atom. The first kappa shape index (κ1) is 27.1. The SMILES string of the molecule is C[Si](C1=C(c2cccc3ccccc23)Cc2ccccc21)(C1=C(c2cccc3ccccc23)Cc2ccccc21)c1ccccc1. The van der Waals surface area contributed by atoms with Crippen LogP contribution in [-0.2, 0) is 12.8 Å². The molecule has 0 saturated heterocycles. The smallest absolute Gasteiger partial charge is 0.0624 e. The van der Waals surface area contributed by atoms with Gasteiger partial charge in [0.2, 0.25) is 0 Å². The molecular formula is C45H34Si. The third-order valence-corrected chi connectivity index (χ3v) is 15.1. The summed E-state index contributed by atoms with van der Waals surface area (Å²) in [4.78, 5) is 0. The lowest BCUT2D eigenvalue weighted by Gasteiger charge is -2.35. The van der Waals surface area contributed by atoms with Crippen LogP contribution in [0, 0.1) is 0 Å². The number of rotatable bonds is 5. The fourth-order valence-corrected chi connectivity index (χ4v) is 13.4. The van der Waals surface area contributed by atoms with Crippen LogP contribution < -0.4 is 5.19 Å². The molecule has 0 nitrogen and oxygen atoms in total. The number of allylic oxidation sites excluding steroid dienone is 2. The molecule has 46 heavy (non-hydrogen) atoms. The molecule has 0 heterocycles. The van der Waals surface area contributed by atoms with Gasteiger partial charge in [-0.1, -0.05) is 170 Å².